The monoisotopic (exact) mass is 699 g/mol. The van der Waals surface area contributed by atoms with Crippen molar-refractivity contribution in [3.63, 3.8) is 0 Å². The maximum atomic E-state index is 10.5. The number of benzene rings is 8. The van der Waals surface area contributed by atoms with E-state index in [9.17, 15) is 10.5 Å². The predicted octanol–water partition coefficient (Wildman–Crippen LogP) is 12.4. The van der Waals surface area contributed by atoms with Crippen molar-refractivity contribution in [3.8, 4) is 40.3 Å². The van der Waals surface area contributed by atoms with Crippen molar-refractivity contribution in [3.05, 3.63) is 187 Å². The van der Waals surface area contributed by atoms with E-state index in [-0.39, 0.29) is 0 Å². The van der Waals surface area contributed by atoms with Crippen molar-refractivity contribution in [1.82, 2.24) is 13.7 Å². The van der Waals surface area contributed by atoms with E-state index in [1.807, 2.05) is 42.5 Å². The summed E-state index contributed by atoms with van der Waals surface area (Å²) < 4.78 is 6.95. The van der Waals surface area contributed by atoms with E-state index in [0.29, 0.717) is 11.1 Å². The van der Waals surface area contributed by atoms with Gasteiger partial charge in [-0.15, -0.1) is 0 Å². The minimum Gasteiger partial charge on any atom is -0.309 e. The highest BCUT2D eigenvalue weighted by Crippen LogP contribution is 2.40. The Kier molecular flexibility index (Phi) is 6.61. The topological polar surface area (TPSA) is 62.4 Å². The van der Waals surface area contributed by atoms with Gasteiger partial charge in [0.15, 0.2) is 0 Å². The van der Waals surface area contributed by atoms with Gasteiger partial charge in [-0.25, -0.2) is 0 Å². The molecule has 11 aromatic rings. The molecule has 0 saturated carbocycles. The molecule has 0 bridgehead atoms. The summed E-state index contributed by atoms with van der Waals surface area (Å²) in [4.78, 5) is 0. The van der Waals surface area contributed by atoms with Crippen molar-refractivity contribution in [2.45, 2.75) is 0 Å². The molecular weight excluding hydrogens is 671 g/mol. The second-order valence-corrected chi connectivity index (χ2v) is 14.0. The second kappa shape index (κ2) is 11.8. The number of rotatable bonds is 4. The number of aromatic nitrogens is 3. The molecule has 8 aromatic carbocycles. The first-order chi connectivity index (χ1) is 27.2. The molecule has 0 unspecified atom stereocenters. The summed E-state index contributed by atoms with van der Waals surface area (Å²) in [7, 11) is 0. The highest BCUT2D eigenvalue weighted by molar-refractivity contribution is 6.15. The van der Waals surface area contributed by atoms with Crippen molar-refractivity contribution in [1.29, 1.82) is 10.5 Å². The minimum atomic E-state index is 0.593. The average Bonchev–Trinajstić information content (AvgIpc) is 3.89. The maximum absolute atomic E-state index is 10.5. The van der Waals surface area contributed by atoms with Crippen LogP contribution in [0.3, 0.4) is 0 Å². The third-order valence-electron chi connectivity index (χ3n) is 11.1. The number of hydrogen-bond donors (Lipinski definition) is 0. The lowest BCUT2D eigenvalue weighted by molar-refractivity contribution is 1.13. The average molecular weight is 700 g/mol. The van der Waals surface area contributed by atoms with Crippen molar-refractivity contribution in [2.24, 2.45) is 0 Å². The van der Waals surface area contributed by atoms with Crippen LogP contribution < -0.4 is 0 Å². The molecule has 3 heterocycles. The quantitative estimate of drug-likeness (QED) is 0.184. The van der Waals surface area contributed by atoms with E-state index in [1.165, 1.54) is 32.6 Å². The van der Waals surface area contributed by atoms with Crippen LogP contribution in [0.1, 0.15) is 11.1 Å². The Morgan fingerprint density at radius 3 is 1.53 bits per heavy atom. The van der Waals surface area contributed by atoms with Gasteiger partial charge in [-0.1, -0.05) is 103 Å². The molecule has 0 fully saturated rings. The summed E-state index contributed by atoms with van der Waals surface area (Å²) in [5, 5.41) is 27.0. The molecule has 0 radical (unpaired) electrons. The largest absolute Gasteiger partial charge is 0.309 e. The molecule has 0 aliphatic rings. The number of nitriles is 2. The zero-order valence-corrected chi connectivity index (χ0v) is 29.5. The lowest BCUT2D eigenvalue weighted by atomic mass is 9.99. The fourth-order valence-corrected chi connectivity index (χ4v) is 8.76. The fourth-order valence-electron chi connectivity index (χ4n) is 8.76. The Labute approximate surface area is 316 Å². The molecule has 0 atom stereocenters. The van der Waals surface area contributed by atoms with Crippen LogP contribution in [-0.4, -0.2) is 13.7 Å². The van der Waals surface area contributed by atoms with Crippen molar-refractivity contribution >= 4 is 65.4 Å². The standard InChI is InChI=1S/C50H29N5/c51-30-32-20-27-48-43(28-32)41-13-4-5-15-44(41)53(48)36-25-26-37(34(29-36)31-52)33-21-23-35(24-22-33)54-45-16-6-3-12-40(45)42-14-9-19-49(50(42)54)55-46-17-7-1-10-38(46)39-11-2-8-18-47(39)55/h1-29H. The van der Waals surface area contributed by atoms with Crippen LogP contribution in [0.15, 0.2) is 176 Å². The second-order valence-electron chi connectivity index (χ2n) is 14.0. The number of fused-ring (bicyclic) bond motifs is 9. The van der Waals surface area contributed by atoms with Gasteiger partial charge < -0.3 is 13.7 Å². The highest BCUT2D eigenvalue weighted by atomic mass is 15.1. The highest BCUT2D eigenvalue weighted by Gasteiger charge is 2.20. The zero-order valence-electron chi connectivity index (χ0n) is 29.5. The van der Waals surface area contributed by atoms with Gasteiger partial charge in [-0.05, 0) is 83.9 Å². The summed E-state index contributed by atoms with van der Waals surface area (Å²) >= 11 is 0. The molecule has 0 aliphatic carbocycles. The SMILES string of the molecule is N#Cc1ccc2c(c1)c1ccccc1n2-c1ccc(-c2ccc(-n3c4ccccc4c4cccc(-n5c6ccccc6c6ccccc65)c43)cc2)c(C#N)c1. The van der Waals surface area contributed by atoms with Crippen molar-refractivity contribution in [2.75, 3.05) is 0 Å². The van der Waals surface area contributed by atoms with Crippen LogP contribution in [0, 0.1) is 22.7 Å². The van der Waals surface area contributed by atoms with Gasteiger partial charge in [0, 0.05) is 43.7 Å². The maximum Gasteiger partial charge on any atom is 0.0998 e. The third-order valence-corrected chi connectivity index (χ3v) is 11.1. The lowest BCUT2D eigenvalue weighted by Gasteiger charge is -2.15. The molecule has 5 heteroatoms. The lowest BCUT2D eigenvalue weighted by Crippen LogP contribution is -2.00. The van der Waals surface area contributed by atoms with Gasteiger partial charge in [0.2, 0.25) is 0 Å². The number of hydrogen-bond acceptors (Lipinski definition) is 2. The smallest absolute Gasteiger partial charge is 0.0998 e. The summed E-state index contributed by atoms with van der Waals surface area (Å²) in [6.45, 7) is 0. The van der Waals surface area contributed by atoms with Gasteiger partial charge in [0.05, 0.1) is 62.1 Å². The van der Waals surface area contributed by atoms with Gasteiger partial charge in [-0.3, -0.25) is 0 Å². The van der Waals surface area contributed by atoms with E-state index < -0.39 is 0 Å². The van der Waals surface area contributed by atoms with E-state index in [0.717, 1.165) is 61.0 Å². The molecule has 11 rings (SSSR count). The molecule has 0 N–H and O–H groups in total. The summed E-state index contributed by atoms with van der Waals surface area (Å²) in [6.07, 6.45) is 0. The number of para-hydroxylation sites is 5. The molecule has 0 aliphatic heterocycles. The van der Waals surface area contributed by atoms with E-state index >= 15 is 0 Å². The Hall–Kier alpha value is -7.86. The van der Waals surface area contributed by atoms with Crippen molar-refractivity contribution < 1.29 is 0 Å². The van der Waals surface area contributed by atoms with Crippen LogP contribution in [0.4, 0.5) is 0 Å². The van der Waals surface area contributed by atoms with Crippen LogP contribution in [0.2, 0.25) is 0 Å². The Morgan fingerprint density at radius 2 is 0.891 bits per heavy atom. The van der Waals surface area contributed by atoms with Crippen LogP contribution in [-0.2, 0) is 0 Å². The number of nitrogens with zero attached hydrogens (tertiary/aromatic N) is 5. The Morgan fingerprint density at radius 1 is 0.364 bits per heavy atom. The minimum absolute atomic E-state index is 0.593. The van der Waals surface area contributed by atoms with Gasteiger partial charge in [0.25, 0.3) is 0 Å². The Balaban J connectivity index is 1.07. The van der Waals surface area contributed by atoms with Gasteiger partial charge >= 0.3 is 0 Å². The fraction of sp³-hybridized carbons (Fsp3) is 0. The summed E-state index contributed by atoms with van der Waals surface area (Å²) in [6, 6.07) is 65.9. The molecule has 0 amide bonds. The van der Waals surface area contributed by atoms with Crippen LogP contribution >= 0.6 is 0 Å². The molecule has 3 aromatic heterocycles. The zero-order chi connectivity index (χ0) is 36.6. The summed E-state index contributed by atoms with van der Waals surface area (Å²) in [5.41, 5.74) is 12.7. The first-order valence-electron chi connectivity index (χ1n) is 18.3. The van der Waals surface area contributed by atoms with Crippen LogP contribution in [0.25, 0.3) is 93.6 Å². The summed E-state index contributed by atoms with van der Waals surface area (Å²) in [5.74, 6) is 0. The van der Waals surface area contributed by atoms with Gasteiger partial charge in [0.1, 0.15) is 0 Å². The predicted molar refractivity (Wildman–Crippen MR) is 224 cm³/mol. The van der Waals surface area contributed by atoms with Gasteiger partial charge in [-0.2, -0.15) is 10.5 Å². The first kappa shape index (κ1) is 30.7. The molecule has 5 nitrogen and oxygen atoms in total. The Bertz CT molecular complexity index is 3400. The van der Waals surface area contributed by atoms with E-state index in [2.05, 4.69) is 159 Å². The normalized spacial score (nSPS) is 11.6. The molecular formula is C50H29N5. The van der Waals surface area contributed by atoms with Crippen LogP contribution in [0.5, 0.6) is 0 Å². The first-order valence-corrected chi connectivity index (χ1v) is 18.3. The van der Waals surface area contributed by atoms with E-state index in [1.54, 1.807) is 0 Å². The molecule has 55 heavy (non-hydrogen) atoms. The molecule has 254 valence electrons. The third kappa shape index (κ3) is 4.45. The van der Waals surface area contributed by atoms with E-state index in [4.69, 9.17) is 0 Å². The molecule has 0 saturated heterocycles. The molecule has 0 spiro atoms.